The van der Waals surface area contributed by atoms with E-state index < -0.39 is 0 Å². The SMILES string of the molecule is CC.[CH-]=CN=C(N)[C](=[W])C1=Nc2ccccc2C1. The summed E-state index contributed by atoms with van der Waals surface area (Å²) >= 11 is 1.25. The van der Waals surface area contributed by atoms with E-state index in [2.05, 4.69) is 16.1 Å². The molecule has 1 aromatic rings. The van der Waals surface area contributed by atoms with E-state index in [1.807, 2.05) is 32.0 Å². The number of rotatable bonds is 3. The third-order valence-corrected chi connectivity index (χ3v) is 3.91. The summed E-state index contributed by atoms with van der Waals surface area (Å²) in [6.45, 7) is 9.21. The monoisotopic (exact) mass is 410 g/mol. The second-order valence-corrected chi connectivity index (χ2v) is 4.82. The van der Waals surface area contributed by atoms with E-state index >= 15 is 0 Å². The molecule has 0 radical (unpaired) electrons. The Morgan fingerprint density at radius 3 is 2.72 bits per heavy atom. The van der Waals surface area contributed by atoms with Gasteiger partial charge in [0.1, 0.15) is 0 Å². The molecular weight excluding hydrogens is 394 g/mol. The first-order chi connectivity index (χ1) is 8.72. The maximum absolute atomic E-state index is 5.78. The maximum atomic E-state index is 5.78. The quantitative estimate of drug-likeness (QED) is 0.465. The zero-order valence-corrected chi connectivity index (χ0v) is 13.5. The van der Waals surface area contributed by atoms with Crippen molar-refractivity contribution in [1.82, 2.24) is 0 Å². The molecule has 1 aromatic carbocycles. The average molecular weight is 410 g/mol. The third-order valence-electron chi connectivity index (χ3n) is 2.31. The van der Waals surface area contributed by atoms with Crippen LogP contribution in [0.5, 0.6) is 0 Å². The molecule has 0 saturated carbocycles. The summed E-state index contributed by atoms with van der Waals surface area (Å²) in [5.74, 6) is 0.462. The van der Waals surface area contributed by atoms with Gasteiger partial charge in [-0.3, -0.25) is 0 Å². The average Bonchev–Trinajstić information content (AvgIpc) is 2.84. The van der Waals surface area contributed by atoms with E-state index in [0.717, 1.165) is 21.7 Å². The van der Waals surface area contributed by atoms with Crippen molar-refractivity contribution < 1.29 is 19.4 Å². The molecule has 0 amide bonds. The zero-order valence-electron chi connectivity index (χ0n) is 10.6. The summed E-state index contributed by atoms with van der Waals surface area (Å²) in [4.78, 5) is 8.42. The Balaban J connectivity index is 0.000000771. The van der Waals surface area contributed by atoms with Gasteiger partial charge < -0.3 is 0 Å². The minimum atomic E-state index is 0.462. The van der Waals surface area contributed by atoms with Crippen molar-refractivity contribution in [3.63, 3.8) is 0 Å². The third kappa shape index (κ3) is 3.33. The number of nitrogens with zero attached hydrogens (tertiary/aromatic N) is 2. The fourth-order valence-corrected chi connectivity index (χ4v) is 2.17. The van der Waals surface area contributed by atoms with Crippen molar-refractivity contribution in [3.8, 4) is 0 Å². The number of hydrogen-bond donors (Lipinski definition) is 1. The van der Waals surface area contributed by atoms with Crippen LogP contribution in [0.2, 0.25) is 0 Å². The molecule has 94 valence electrons. The summed E-state index contributed by atoms with van der Waals surface area (Å²) < 4.78 is 0.970. The van der Waals surface area contributed by atoms with Gasteiger partial charge in [0.2, 0.25) is 0 Å². The molecule has 0 bridgehead atoms. The fourth-order valence-electron chi connectivity index (χ4n) is 1.55. The Kier molecular flexibility index (Phi) is 5.86. The zero-order chi connectivity index (χ0) is 13.5. The first kappa shape index (κ1) is 14.7. The van der Waals surface area contributed by atoms with Crippen LogP contribution in [0, 0.1) is 6.58 Å². The van der Waals surface area contributed by atoms with Gasteiger partial charge in [0.15, 0.2) is 0 Å². The topological polar surface area (TPSA) is 50.7 Å². The molecule has 1 heterocycles. The molecule has 3 nitrogen and oxygen atoms in total. The Hall–Kier alpha value is -1.34. The van der Waals surface area contributed by atoms with Gasteiger partial charge in [0.25, 0.3) is 0 Å². The first-order valence-corrected chi connectivity index (χ1v) is 7.26. The van der Waals surface area contributed by atoms with Gasteiger partial charge in [-0.25, -0.2) is 0 Å². The van der Waals surface area contributed by atoms with Crippen LogP contribution < -0.4 is 5.73 Å². The molecule has 4 heteroatoms. The van der Waals surface area contributed by atoms with Crippen LogP contribution in [0.3, 0.4) is 0 Å². The summed E-state index contributed by atoms with van der Waals surface area (Å²) in [7, 11) is 0. The molecule has 0 aliphatic carbocycles. The van der Waals surface area contributed by atoms with Gasteiger partial charge in [-0.15, -0.1) is 0 Å². The summed E-state index contributed by atoms with van der Waals surface area (Å²) in [6.07, 6.45) is 2.04. The van der Waals surface area contributed by atoms with E-state index in [4.69, 9.17) is 12.3 Å². The predicted octanol–water partition coefficient (Wildman–Crippen LogP) is 2.36. The number of nitrogens with two attached hydrogens (primary N) is 1. The van der Waals surface area contributed by atoms with Crippen LogP contribution in [-0.4, -0.2) is 15.4 Å². The predicted molar refractivity (Wildman–Crippen MR) is 74.1 cm³/mol. The molecule has 0 spiro atoms. The molecular formula is C14H16N3W-. The Morgan fingerprint density at radius 2 is 2.11 bits per heavy atom. The van der Waals surface area contributed by atoms with Gasteiger partial charge in [0.05, 0.1) is 0 Å². The Bertz CT molecular complexity index is 516. The van der Waals surface area contributed by atoms with Crippen LogP contribution in [0.15, 0.2) is 40.5 Å². The van der Waals surface area contributed by atoms with Crippen molar-refractivity contribution in [1.29, 1.82) is 0 Å². The number of para-hydroxylation sites is 1. The van der Waals surface area contributed by atoms with Gasteiger partial charge in [-0.2, -0.15) is 0 Å². The Labute approximate surface area is 119 Å². The minimum absolute atomic E-state index is 0.462. The van der Waals surface area contributed by atoms with E-state index in [1.54, 1.807) is 0 Å². The van der Waals surface area contributed by atoms with E-state index in [0.29, 0.717) is 5.84 Å². The van der Waals surface area contributed by atoms with E-state index in [1.165, 1.54) is 31.1 Å². The van der Waals surface area contributed by atoms with Crippen molar-refractivity contribution in [2.75, 3.05) is 0 Å². The van der Waals surface area contributed by atoms with Crippen LogP contribution in [0.1, 0.15) is 19.4 Å². The van der Waals surface area contributed by atoms with E-state index in [9.17, 15) is 0 Å². The molecule has 1 aliphatic heterocycles. The van der Waals surface area contributed by atoms with Gasteiger partial charge >= 0.3 is 105 Å². The van der Waals surface area contributed by atoms with Crippen molar-refractivity contribution in [2.24, 2.45) is 15.7 Å². The molecule has 0 unspecified atom stereocenters. The normalized spacial score (nSPS) is 13.0. The summed E-state index contributed by atoms with van der Waals surface area (Å²) in [5.41, 5.74) is 9.05. The number of fused-ring (bicyclic) bond motifs is 1. The van der Waals surface area contributed by atoms with Gasteiger partial charge in [0, 0.05) is 0 Å². The molecule has 0 aromatic heterocycles. The van der Waals surface area contributed by atoms with Crippen LogP contribution >= 0.6 is 0 Å². The van der Waals surface area contributed by atoms with Gasteiger partial charge in [-0.1, -0.05) is 13.8 Å². The number of amidine groups is 1. The molecule has 18 heavy (non-hydrogen) atoms. The van der Waals surface area contributed by atoms with Crippen molar-refractivity contribution in [3.05, 3.63) is 42.6 Å². The van der Waals surface area contributed by atoms with Crippen molar-refractivity contribution >= 4 is 21.1 Å². The van der Waals surface area contributed by atoms with Crippen LogP contribution in [-0.2, 0) is 25.8 Å². The van der Waals surface area contributed by atoms with E-state index in [-0.39, 0.29) is 0 Å². The summed E-state index contributed by atoms with van der Waals surface area (Å²) in [6, 6.07) is 8.09. The summed E-state index contributed by atoms with van der Waals surface area (Å²) in [5, 5.41) is 0. The standard InChI is InChI=1S/C12H10N3.C2H6.W/c1-2-14-12(13)8-10-7-9-5-3-4-6-11(9)15-10;1-2;/h1-6H,7H2,(H2,13,14);1-2H3;/q-1;;. The molecule has 1 aliphatic rings. The van der Waals surface area contributed by atoms with Crippen LogP contribution in [0.25, 0.3) is 0 Å². The fraction of sp³-hybridized carbons (Fsp3) is 0.214. The van der Waals surface area contributed by atoms with Gasteiger partial charge in [-0.05, 0) is 0 Å². The van der Waals surface area contributed by atoms with Crippen LogP contribution in [0.4, 0.5) is 5.69 Å². The number of benzene rings is 1. The molecule has 0 atom stereocenters. The molecule has 2 N–H and O–H groups in total. The second-order valence-electron chi connectivity index (χ2n) is 3.36. The first-order valence-electron chi connectivity index (χ1n) is 5.79. The molecule has 0 saturated heterocycles. The Morgan fingerprint density at radius 1 is 1.44 bits per heavy atom. The van der Waals surface area contributed by atoms with Crippen molar-refractivity contribution in [2.45, 2.75) is 20.3 Å². The number of hydrogen-bond acceptors (Lipinski definition) is 2. The molecule has 0 fully saturated rings. The second kappa shape index (κ2) is 7.17. The molecule has 2 rings (SSSR count). The number of aliphatic imine (C=N–C) groups is 2.